The minimum absolute atomic E-state index is 1.10. The summed E-state index contributed by atoms with van der Waals surface area (Å²) in [7, 11) is 0. The second-order valence-corrected chi connectivity index (χ2v) is 12.9. The second kappa shape index (κ2) is 15.9. The molecule has 0 atom stereocenters. The smallest absolute Gasteiger partial charge is 0.0540 e. The molecule has 0 N–H and O–H groups in total. The van der Waals surface area contributed by atoms with Crippen molar-refractivity contribution < 1.29 is 0 Å². The molecule has 8 rings (SSSR count). The topological polar surface area (TPSA) is 3.24 Å². The lowest BCUT2D eigenvalue weighted by Crippen LogP contribution is -2.10. The Morgan fingerprint density at radius 2 is 0.792 bits per heavy atom. The van der Waals surface area contributed by atoms with E-state index in [9.17, 15) is 0 Å². The van der Waals surface area contributed by atoms with E-state index >= 15 is 0 Å². The first-order chi connectivity index (χ1) is 26.3. The molecular formula is C52H39N. The first kappa shape index (κ1) is 33.2. The molecule has 8 aromatic carbocycles. The Morgan fingerprint density at radius 3 is 1.32 bits per heavy atom. The van der Waals surface area contributed by atoms with Crippen LogP contribution in [0.25, 0.3) is 34.1 Å². The van der Waals surface area contributed by atoms with Crippen molar-refractivity contribution in [1.29, 1.82) is 0 Å². The van der Waals surface area contributed by atoms with Gasteiger partial charge in [-0.3, -0.25) is 0 Å². The van der Waals surface area contributed by atoms with Gasteiger partial charge in [0.05, 0.1) is 5.69 Å². The van der Waals surface area contributed by atoms with Crippen LogP contribution in [-0.4, -0.2) is 0 Å². The number of rotatable bonds is 10. The highest BCUT2D eigenvalue weighted by Crippen LogP contribution is 2.41. The third-order valence-corrected chi connectivity index (χ3v) is 9.53. The number of hydrogen-bond acceptors (Lipinski definition) is 1. The van der Waals surface area contributed by atoms with Crippen LogP contribution in [-0.2, 0) is 0 Å². The molecule has 0 aromatic heterocycles. The van der Waals surface area contributed by atoms with Crippen LogP contribution < -0.4 is 4.90 Å². The molecule has 0 unspecified atom stereocenters. The Labute approximate surface area is 312 Å². The fourth-order valence-electron chi connectivity index (χ4n) is 6.94. The Balaban J connectivity index is 1.17. The highest BCUT2D eigenvalue weighted by atomic mass is 15.1. The molecule has 0 bridgehead atoms. The Kier molecular flexibility index (Phi) is 9.98. The normalized spacial score (nSPS) is 10.9. The molecule has 1 heteroatoms. The van der Waals surface area contributed by atoms with Crippen molar-refractivity contribution in [3.63, 3.8) is 0 Å². The zero-order chi connectivity index (χ0) is 35.7. The van der Waals surface area contributed by atoms with Gasteiger partial charge < -0.3 is 4.90 Å². The SMILES string of the molecule is C(=Cc1ccc(N(c2ccccc2)c2ccc(C=C(c3ccccc3)c3ccccc3)c3ccccc23)cc1)C=C(c1ccccc1)c1ccccc1. The Hall–Kier alpha value is -6.96. The molecule has 53 heavy (non-hydrogen) atoms. The van der Waals surface area contributed by atoms with Gasteiger partial charge in [0.1, 0.15) is 0 Å². The molecule has 0 saturated carbocycles. The summed E-state index contributed by atoms with van der Waals surface area (Å²) in [5.41, 5.74) is 12.8. The van der Waals surface area contributed by atoms with Gasteiger partial charge in [0, 0.05) is 16.8 Å². The molecule has 0 radical (unpaired) electrons. The molecule has 0 aliphatic carbocycles. The number of allylic oxidation sites excluding steroid dienone is 2. The summed E-state index contributed by atoms with van der Waals surface area (Å²) in [5, 5.41) is 2.39. The molecule has 0 amide bonds. The fraction of sp³-hybridized carbons (Fsp3) is 0. The van der Waals surface area contributed by atoms with E-state index in [0.717, 1.165) is 22.6 Å². The zero-order valence-electron chi connectivity index (χ0n) is 29.5. The predicted molar refractivity (Wildman–Crippen MR) is 227 cm³/mol. The second-order valence-electron chi connectivity index (χ2n) is 12.9. The van der Waals surface area contributed by atoms with Crippen molar-refractivity contribution in [2.24, 2.45) is 0 Å². The molecular weight excluding hydrogens is 639 g/mol. The summed E-state index contributed by atoms with van der Waals surface area (Å²) in [4.78, 5) is 2.36. The molecule has 0 heterocycles. The van der Waals surface area contributed by atoms with Gasteiger partial charge in [-0.2, -0.15) is 0 Å². The number of hydrogen-bond donors (Lipinski definition) is 0. The molecule has 8 aromatic rings. The van der Waals surface area contributed by atoms with E-state index in [4.69, 9.17) is 0 Å². The number of benzene rings is 8. The average molecular weight is 678 g/mol. The van der Waals surface area contributed by atoms with Crippen molar-refractivity contribution in [3.05, 3.63) is 258 Å². The quantitative estimate of drug-likeness (QED) is 0.103. The lowest BCUT2D eigenvalue weighted by atomic mass is 9.93. The number of nitrogens with zero attached hydrogens (tertiary/aromatic N) is 1. The minimum atomic E-state index is 1.10. The highest BCUT2D eigenvalue weighted by Gasteiger charge is 2.17. The number of fused-ring (bicyclic) bond motifs is 1. The minimum Gasteiger partial charge on any atom is -0.310 e. The van der Waals surface area contributed by atoms with Crippen molar-refractivity contribution in [3.8, 4) is 0 Å². The molecule has 0 spiro atoms. The van der Waals surface area contributed by atoms with E-state index < -0.39 is 0 Å². The van der Waals surface area contributed by atoms with Gasteiger partial charge in [0.2, 0.25) is 0 Å². The first-order valence-corrected chi connectivity index (χ1v) is 18.1. The summed E-state index contributed by atoms with van der Waals surface area (Å²) in [5.74, 6) is 0. The van der Waals surface area contributed by atoms with E-state index in [2.05, 4.69) is 242 Å². The average Bonchev–Trinajstić information content (AvgIpc) is 3.24. The van der Waals surface area contributed by atoms with Crippen LogP contribution in [0.5, 0.6) is 0 Å². The van der Waals surface area contributed by atoms with Crippen LogP contribution in [0.2, 0.25) is 0 Å². The predicted octanol–water partition coefficient (Wildman–Crippen LogP) is 14.0. The van der Waals surface area contributed by atoms with Crippen LogP contribution in [0, 0.1) is 0 Å². The van der Waals surface area contributed by atoms with Gasteiger partial charge >= 0.3 is 0 Å². The van der Waals surface area contributed by atoms with Crippen molar-refractivity contribution in [2.75, 3.05) is 4.90 Å². The molecule has 0 aliphatic heterocycles. The fourth-order valence-corrected chi connectivity index (χ4v) is 6.94. The van der Waals surface area contributed by atoms with Gasteiger partial charge in [0.25, 0.3) is 0 Å². The van der Waals surface area contributed by atoms with Gasteiger partial charge in [-0.25, -0.2) is 0 Å². The lowest BCUT2D eigenvalue weighted by molar-refractivity contribution is 1.29. The maximum atomic E-state index is 2.36. The monoisotopic (exact) mass is 677 g/mol. The molecule has 0 aliphatic rings. The third-order valence-electron chi connectivity index (χ3n) is 9.53. The van der Waals surface area contributed by atoms with E-state index in [-0.39, 0.29) is 0 Å². The maximum Gasteiger partial charge on any atom is 0.0540 e. The van der Waals surface area contributed by atoms with Crippen LogP contribution in [0.3, 0.4) is 0 Å². The van der Waals surface area contributed by atoms with Crippen LogP contribution in [0.4, 0.5) is 17.1 Å². The summed E-state index contributed by atoms with van der Waals surface area (Å²) < 4.78 is 0. The van der Waals surface area contributed by atoms with Crippen LogP contribution in [0.1, 0.15) is 33.4 Å². The molecule has 0 saturated heterocycles. The summed E-state index contributed by atoms with van der Waals surface area (Å²) in [6.45, 7) is 0. The highest BCUT2D eigenvalue weighted by molar-refractivity contribution is 6.05. The molecule has 252 valence electrons. The summed E-state index contributed by atoms with van der Waals surface area (Å²) >= 11 is 0. The largest absolute Gasteiger partial charge is 0.310 e. The van der Waals surface area contributed by atoms with Crippen molar-refractivity contribution in [1.82, 2.24) is 0 Å². The van der Waals surface area contributed by atoms with E-state index in [1.165, 1.54) is 49.7 Å². The van der Waals surface area contributed by atoms with E-state index in [1.807, 2.05) is 0 Å². The maximum absolute atomic E-state index is 2.36. The standard InChI is InChI=1S/C52H39N/c1-6-20-41(21-7-1)48(42-22-8-2-9-23-42)32-18-19-40-33-36-47(37-34-40)53(46-28-14-5-15-29-46)52-38-35-45(49-30-16-17-31-50(49)52)39-51(43-24-10-3-11-25-43)44-26-12-4-13-27-44/h1-39H. The van der Waals surface area contributed by atoms with Crippen LogP contribution >= 0.6 is 0 Å². The number of para-hydroxylation sites is 1. The zero-order valence-corrected chi connectivity index (χ0v) is 29.5. The van der Waals surface area contributed by atoms with Gasteiger partial charge in [-0.05, 0) is 86.3 Å². The third kappa shape index (κ3) is 7.56. The van der Waals surface area contributed by atoms with E-state index in [0.29, 0.717) is 0 Å². The van der Waals surface area contributed by atoms with Gasteiger partial charge in [-0.15, -0.1) is 0 Å². The summed E-state index contributed by atoms with van der Waals surface area (Å²) in [6.07, 6.45) is 8.87. The summed E-state index contributed by atoms with van der Waals surface area (Å²) in [6, 6.07) is 75.2. The lowest BCUT2D eigenvalue weighted by Gasteiger charge is -2.27. The molecule has 0 fully saturated rings. The Morgan fingerprint density at radius 1 is 0.358 bits per heavy atom. The van der Waals surface area contributed by atoms with Crippen molar-refractivity contribution >= 4 is 51.1 Å². The van der Waals surface area contributed by atoms with Crippen LogP contribution in [0.15, 0.2) is 224 Å². The van der Waals surface area contributed by atoms with E-state index in [1.54, 1.807) is 0 Å². The Bertz CT molecular complexity index is 2410. The number of anilines is 3. The van der Waals surface area contributed by atoms with Gasteiger partial charge in [-0.1, -0.05) is 200 Å². The molecule has 1 nitrogen and oxygen atoms in total. The first-order valence-electron chi connectivity index (χ1n) is 18.1. The van der Waals surface area contributed by atoms with Crippen molar-refractivity contribution in [2.45, 2.75) is 0 Å². The van der Waals surface area contributed by atoms with Gasteiger partial charge in [0.15, 0.2) is 0 Å².